The van der Waals surface area contributed by atoms with E-state index in [4.69, 9.17) is 11.6 Å². The van der Waals surface area contributed by atoms with E-state index in [1.165, 1.54) is 0 Å². The summed E-state index contributed by atoms with van der Waals surface area (Å²) in [7, 11) is 3.83. The molecule has 130 valence electrons. The minimum Gasteiger partial charge on any atom is -1.00 e. The fourth-order valence-electron chi connectivity index (χ4n) is 2.31. The van der Waals surface area contributed by atoms with Gasteiger partial charge in [0.2, 0.25) is 12.1 Å². The maximum absolute atomic E-state index is 12.6. The van der Waals surface area contributed by atoms with Gasteiger partial charge in [-0.2, -0.15) is 0 Å². The fraction of sp³-hybridized carbons (Fsp3) is 0.167. The van der Waals surface area contributed by atoms with Crippen LogP contribution in [0.15, 0.2) is 53.5 Å². The minimum atomic E-state index is 0. The summed E-state index contributed by atoms with van der Waals surface area (Å²) in [6.45, 7) is 0.242. The Morgan fingerprint density at radius 1 is 1.20 bits per heavy atom. The van der Waals surface area contributed by atoms with E-state index in [1.54, 1.807) is 41.9 Å². The molecule has 0 spiro atoms. The van der Waals surface area contributed by atoms with Crippen LogP contribution in [-0.2, 0) is 6.54 Å². The molecule has 0 saturated carbocycles. The van der Waals surface area contributed by atoms with Gasteiger partial charge in [0.1, 0.15) is 5.52 Å². The van der Waals surface area contributed by atoms with E-state index in [0.717, 1.165) is 15.3 Å². The molecule has 0 aliphatic carbocycles. The van der Waals surface area contributed by atoms with Crippen LogP contribution >= 0.6 is 22.9 Å². The summed E-state index contributed by atoms with van der Waals surface area (Å²) in [5, 5.41) is 1.42. The van der Waals surface area contributed by atoms with Crippen molar-refractivity contribution in [1.82, 2.24) is 4.90 Å². The lowest BCUT2D eigenvalue weighted by Gasteiger charge is -2.01. The third-order valence-corrected chi connectivity index (χ3v) is 4.78. The number of hydrogen-bond donors (Lipinski definition) is 0. The molecule has 2 aromatic carbocycles. The van der Waals surface area contributed by atoms with Crippen LogP contribution in [0.3, 0.4) is 0 Å². The number of Topliss-reactive ketones (excluding diaryl/α,β-unsaturated/α-hetero) is 1. The second kappa shape index (κ2) is 8.56. The molecule has 0 saturated heterocycles. The van der Waals surface area contributed by atoms with Crippen molar-refractivity contribution in [2.24, 2.45) is 4.99 Å². The maximum Gasteiger partial charge on any atom is 0.385 e. The molecule has 0 unspecified atom stereocenters. The van der Waals surface area contributed by atoms with Gasteiger partial charge in [-0.1, -0.05) is 23.7 Å². The highest BCUT2D eigenvalue weighted by Crippen LogP contribution is 2.26. The third-order valence-electron chi connectivity index (χ3n) is 3.46. The summed E-state index contributed by atoms with van der Waals surface area (Å²) in [6, 6.07) is 15.0. The van der Waals surface area contributed by atoms with Crippen LogP contribution in [0.4, 0.5) is 5.13 Å². The van der Waals surface area contributed by atoms with E-state index in [0.29, 0.717) is 10.6 Å². The van der Waals surface area contributed by atoms with Crippen LogP contribution in [0.25, 0.3) is 10.2 Å². The lowest BCUT2D eigenvalue weighted by atomic mass is 10.1. The smallest absolute Gasteiger partial charge is 0.385 e. The average molecular weight is 439 g/mol. The molecule has 0 bridgehead atoms. The van der Waals surface area contributed by atoms with Crippen molar-refractivity contribution in [3.05, 3.63) is 59.1 Å². The van der Waals surface area contributed by atoms with E-state index in [-0.39, 0.29) is 29.3 Å². The highest BCUT2D eigenvalue weighted by Gasteiger charge is 2.21. The van der Waals surface area contributed by atoms with E-state index >= 15 is 0 Å². The number of ketones is 1. The zero-order valence-corrected chi connectivity index (χ0v) is 17.0. The summed E-state index contributed by atoms with van der Waals surface area (Å²) in [6.07, 6.45) is 1.74. The average Bonchev–Trinajstić information content (AvgIpc) is 2.91. The molecule has 0 N–H and O–H groups in total. The van der Waals surface area contributed by atoms with E-state index in [1.807, 2.05) is 47.8 Å². The number of thiazole rings is 1. The van der Waals surface area contributed by atoms with Crippen molar-refractivity contribution >= 4 is 50.4 Å². The number of aromatic nitrogens is 1. The lowest BCUT2D eigenvalue weighted by Crippen LogP contribution is -3.00. The summed E-state index contributed by atoms with van der Waals surface area (Å²) in [5.74, 6) is 0.0292. The van der Waals surface area contributed by atoms with Gasteiger partial charge in [-0.3, -0.25) is 4.79 Å². The minimum absolute atomic E-state index is 0. The zero-order chi connectivity index (χ0) is 17.1. The van der Waals surface area contributed by atoms with Crippen LogP contribution in [0.5, 0.6) is 0 Å². The van der Waals surface area contributed by atoms with Crippen molar-refractivity contribution < 1.29 is 26.3 Å². The molecule has 7 heteroatoms. The van der Waals surface area contributed by atoms with Gasteiger partial charge in [0, 0.05) is 24.7 Å². The second-order valence-electron chi connectivity index (χ2n) is 5.58. The van der Waals surface area contributed by atoms with Crippen LogP contribution in [-0.4, -0.2) is 31.1 Å². The predicted molar refractivity (Wildman–Crippen MR) is 99.6 cm³/mol. The van der Waals surface area contributed by atoms with Gasteiger partial charge in [0.25, 0.3) is 0 Å². The first-order valence-electron chi connectivity index (χ1n) is 7.45. The number of nitrogens with zero attached hydrogens (tertiary/aromatic N) is 3. The first-order chi connectivity index (χ1) is 11.5. The topological polar surface area (TPSA) is 36.5 Å². The van der Waals surface area contributed by atoms with Gasteiger partial charge >= 0.3 is 5.13 Å². The SMILES string of the molecule is CN(C)/C=N/c1sc2ccccc2[n+]1CC(=O)c1ccc(Cl)cc1.[Br-]. The van der Waals surface area contributed by atoms with Crippen molar-refractivity contribution in [2.75, 3.05) is 14.1 Å². The maximum atomic E-state index is 12.6. The number of benzene rings is 2. The summed E-state index contributed by atoms with van der Waals surface area (Å²) < 4.78 is 3.06. The quantitative estimate of drug-likeness (QED) is 0.257. The lowest BCUT2D eigenvalue weighted by molar-refractivity contribution is -0.640. The highest BCUT2D eigenvalue weighted by atomic mass is 79.9. The summed E-state index contributed by atoms with van der Waals surface area (Å²) in [5.41, 5.74) is 1.65. The van der Waals surface area contributed by atoms with Crippen molar-refractivity contribution in [3.63, 3.8) is 0 Å². The monoisotopic (exact) mass is 437 g/mol. The van der Waals surface area contributed by atoms with Crippen molar-refractivity contribution in [2.45, 2.75) is 6.54 Å². The molecule has 0 aliphatic heterocycles. The fourth-order valence-corrected chi connectivity index (χ4v) is 3.43. The number of rotatable bonds is 5. The Hall–Kier alpha value is -1.76. The molecular formula is C18H17BrClN3OS. The van der Waals surface area contributed by atoms with Crippen molar-refractivity contribution in [3.8, 4) is 0 Å². The Morgan fingerprint density at radius 3 is 2.56 bits per heavy atom. The number of fused-ring (bicyclic) bond motifs is 1. The van der Waals surface area contributed by atoms with Gasteiger partial charge in [0.05, 0.1) is 4.70 Å². The molecule has 0 radical (unpaired) electrons. The standard InChI is InChI=1S/C18H17ClN3OS.BrH/c1-21(2)12-20-18-22(15-5-3-4-6-17(15)24-18)11-16(23)13-7-9-14(19)10-8-13;/h3-10,12H,11H2,1-2H3;1H/q+1;/p-1. The van der Waals surface area contributed by atoms with Crippen LogP contribution < -0.4 is 21.5 Å². The molecule has 4 nitrogen and oxygen atoms in total. The number of hydrogen-bond acceptors (Lipinski definition) is 3. The first kappa shape index (κ1) is 19.6. The molecule has 1 heterocycles. The number of halogens is 2. The van der Waals surface area contributed by atoms with Gasteiger partial charge in [-0.05, 0) is 52.7 Å². The van der Waals surface area contributed by atoms with Crippen LogP contribution in [0, 0.1) is 0 Å². The third kappa shape index (κ3) is 4.66. The number of carbonyl (C=O) groups is 1. The molecule has 0 fully saturated rings. The Labute approximate surface area is 166 Å². The Morgan fingerprint density at radius 2 is 1.88 bits per heavy atom. The van der Waals surface area contributed by atoms with Crippen molar-refractivity contribution in [1.29, 1.82) is 0 Å². The zero-order valence-electron chi connectivity index (χ0n) is 13.8. The highest BCUT2D eigenvalue weighted by molar-refractivity contribution is 7.21. The van der Waals surface area contributed by atoms with Gasteiger partial charge < -0.3 is 21.9 Å². The molecular weight excluding hydrogens is 422 g/mol. The van der Waals surface area contributed by atoms with Gasteiger partial charge in [-0.15, -0.1) is 0 Å². The van der Waals surface area contributed by atoms with E-state index < -0.39 is 0 Å². The Balaban J connectivity index is 0.00000225. The van der Waals surface area contributed by atoms with Gasteiger partial charge in [-0.25, -0.2) is 4.57 Å². The van der Waals surface area contributed by atoms with E-state index in [9.17, 15) is 4.79 Å². The molecule has 3 rings (SSSR count). The van der Waals surface area contributed by atoms with E-state index in [2.05, 4.69) is 4.99 Å². The van der Waals surface area contributed by atoms with Gasteiger partial charge in [0.15, 0.2) is 6.54 Å². The Kier molecular flexibility index (Phi) is 6.70. The Bertz CT molecular complexity index is 906. The normalized spacial score (nSPS) is 10.8. The second-order valence-corrected chi connectivity index (χ2v) is 7.02. The molecule has 0 amide bonds. The molecule has 25 heavy (non-hydrogen) atoms. The number of para-hydroxylation sites is 1. The summed E-state index contributed by atoms with van der Waals surface area (Å²) >= 11 is 7.47. The number of aliphatic imine (C=N–C) groups is 1. The summed E-state index contributed by atoms with van der Waals surface area (Å²) in [4.78, 5) is 19.0. The first-order valence-corrected chi connectivity index (χ1v) is 8.65. The largest absolute Gasteiger partial charge is 1.00 e. The number of carbonyl (C=O) groups excluding carboxylic acids is 1. The molecule has 1 aromatic heterocycles. The molecule has 0 atom stereocenters. The van der Waals surface area contributed by atoms with Crippen LogP contribution in [0.1, 0.15) is 10.4 Å². The molecule has 0 aliphatic rings. The predicted octanol–water partition coefficient (Wildman–Crippen LogP) is 0.950. The van der Waals surface area contributed by atoms with Crippen LogP contribution in [0.2, 0.25) is 5.02 Å². The molecule has 3 aromatic rings.